The number of carbonyl (C=O) groups excluding carboxylic acids is 5. The molecule has 12 nitrogen and oxygen atoms in total. The molecule has 5 N–H and O–H groups in total. The number of amides is 4. The smallest absolute Gasteiger partial charge is 0.306 e. The molecular weight excluding hydrogens is 453 g/mol. The molecule has 182 valence electrons. The lowest BCUT2D eigenvalue weighted by Gasteiger charge is -2.33. The van der Waals surface area contributed by atoms with Crippen LogP contribution in [0, 0.1) is 0 Å². The highest BCUT2D eigenvalue weighted by Gasteiger charge is 2.38. The van der Waals surface area contributed by atoms with E-state index in [1.54, 1.807) is 0 Å². The fourth-order valence-electron chi connectivity index (χ4n) is 2.81. The molecule has 2 saturated heterocycles. The van der Waals surface area contributed by atoms with Crippen LogP contribution in [0.5, 0.6) is 0 Å². The van der Waals surface area contributed by atoms with Crippen molar-refractivity contribution in [3.63, 3.8) is 0 Å². The van der Waals surface area contributed by atoms with E-state index in [9.17, 15) is 38.6 Å². The van der Waals surface area contributed by atoms with Crippen molar-refractivity contribution >= 4 is 42.2 Å². The zero-order valence-corrected chi connectivity index (χ0v) is 18.3. The Balaban J connectivity index is 0.00000118. The number of likely N-dealkylation sites (tertiary alicyclic amines) is 1. The van der Waals surface area contributed by atoms with E-state index in [1.807, 2.05) is 0 Å². The standard InChI is InChI=1S/C16H23FN2O8S.C2H5NO/c17-15-8(20)5-14(24)27-9(15)7-26-13(23)2-1-11(21)18-3-4-19-12(22)6-10(28)16(19)25;1-2(3)4/h8-10,14-15,20,24,28H,1-7H2,(H,18,21);1H3,(H2,3,4)/t8-,9-,10?,14?,15+;/m1./s1. The van der Waals surface area contributed by atoms with Crippen LogP contribution in [0.1, 0.15) is 32.6 Å². The first-order chi connectivity index (χ1) is 14.9. The summed E-state index contributed by atoms with van der Waals surface area (Å²) in [7, 11) is 0. The van der Waals surface area contributed by atoms with Crippen LogP contribution in [0.25, 0.3) is 0 Å². The third kappa shape index (κ3) is 9.46. The minimum atomic E-state index is -1.80. The molecule has 0 spiro atoms. The van der Waals surface area contributed by atoms with Gasteiger partial charge in [-0.2, -0.15) is 12.6 Å². The van der Waals surface area contributed by atoms with E-state index in [2.05, 4.69) is 23.7 Å². The van der Waals surface area contributed by atoms with Crippen LogP contribution < -0.4 is 11.1 Å². The number of esters is 1. The highest BCUT2D eigenvalue weighted by atomic mass is 32.1. The maximum Gasteiger partial charge on any atom is 0.306 e. The van der Waals surface area contributed by atoms with Gasteiger partial charge in [0.1, 0.15) is 12.7 Å². The molecule has 14 heteroatoms. The SMILES string of the molecule is CC(N)=O.O=C(CCC(=O)OC[C@H]1OC(O)C[C@@H](O)[C@@H]1F)NCCN1C(=O)CC(S)C1=O. The Kier molecular flexibility index (Phi) is 11.5. The monoisotopic (exact) mass is 481 g/mol. The number of nitrogens with zero attached hydrogens (tertiary/aromatic N) is 1. The first kappa shape index (κ1) is 27.7. The maximum absolute atomic E-state index is 13.7. The summed E-state index contributed by atoms with van der Waals surface area (Å²) in [5, 5.41) is 20.6. The van der Waals surface area contributed by atoms with E-state index in [0.717, 1.165) is 4.90 Å². The number of rotatable bonds is 8. The van der Waals surface area contributed by atoms with Gasteiger partial charge in [0.15, 0.2) is 12.5 Å². The molecule has 5 atom stereocenters. The topological polar surface area (TPSA) is 186 Å². The van der Waals surface area contributed by atoms with Gasteiger partial charge in [-0.05, 0) is 0 Å². The largest absolute Gasteiger partial charge is 0.463 e. The third-order valence-corrected chi connectivity index (χ3v) is 4.74. The molecule has 32 heavy (non-hydrogen) atoms. The van der Waals surface area contributed by atoms with Gasteiger partial charge in [0.05, 0.1) is 17.8 Å². The predicted octanol–water partition coefficient (Wildman–Crippen LogP) is -2.22. The zero-order valence-electron chi connectivity index (χ0n) is 17.4. The second-order valence-electron chi connectivity index (χ2n) is 7.12. The van der Waals surface area contributed by atoms with Gasteiger partial charge in [-0.25, -0.2) is 4.39 Å². The molecule has 0 aromatic heterocycles. The Morgan fingerprint density at radius 3 is 2.50 bits per heavy atom. The zero-order chi connectivity index (χ0) is 24.4. The lowest BCUT2D eigenvalue weighted by molar-refractivity contribution is -0.228. The van der Waals surface area contributed by atoms with Gasteiger partial charge in [0.2, 0.25) is 23.6 Å². The van der Waals surface area contributed by atoms with Crippen molar-refractivity contribution < 1.29 is 48.0 Å². The van der Waals surface area contributed by atoms with Crippen LogP contribution in [0.4, 0.5) is 4.39 Å². The minimum Gasteiger partial charge on any atom is -0.463 e. The summed E-state index contributed by atoms with van der Waals surface area (Å²) >= 11 is 3.99. The molecule has 2 unspecified atom stereocenters. The molecule has 2 aliphatic heterocycles. The Labute approximate surface area is 189 Å². The van der Waals surface area contributed by atoms with Crippen molar-refractivity contribution in [2.45, 2.75) is 62.5 Å². The van der Waals surface area contributed by atoms with E-state index in [1.165, 1.54) is 6.92 Å². The second kappa shape index (κ2) is 13.3. The highest BCUT2D eigenvalue weighted by molar-refractivity contribution is 7.81. The number of nitrogens with one attached hydrogen (secondary N) is 1. The molecule has 2 rings (SSSR count). The lowest BCUT2D eigenvalue weighted by Crippen LogP contribution is -2.48. The summed E-state index contributed by atoms with van der Waals surface area (Å²) in [5.74, 6) is -2.35. The van der Waals surface area contributed by atoms with Crippen LogP contribution in [-0.2, 0) is 33.4 Å². The first-order valence-corrected chi connectivity index (χ1v) is 10.3. The Hall–Kier alpha value is -2.29. The van der Waals surface area contributed by atoms with E-state index >= 15 is 0 Å². The van der Waals surface area contributed by atoms with Gasteiger partial charge >= 0.3 is 5.97 Å². The number of aliphatic hydroxyl groups is 2. The molecule has 2 fully saturated rings. The number of thiol groups is 1. The molecule has 4 amide bonds. The number of carbonyl (C=O) groups is 5. The van der Waals surface area contributed by atoms with Gasteiger partial charge < -0.3 is 30.7 Å². The van der Waals surface area contributed by atoms with Gasteiger partial charge in [-0.3, -0.25) is 28.9 Å². The molecule has 2 aliphatic rings. The van der Waals surface area contributed by atoms with Crippen molar-refractivity contribution in [1.29, 1.82) is 0 Å². The van der Waals surface area contributed by atoms with Gasteiger partial charge in [-0.15, -0.1) is 0 Å². The van der Waals surface area contributed by atoms with Gasteiger partial charge in [-0.1, -0.05) is 0 Å². The summed E-state index contributed by atoms with van der Waals surface area (Å²) in [6.07, 6.45) is -6.56. The molecule has 0 aromatic carbocycles. The third-order valence-electron chi connectivity index (χ3n) is 4.34. The first-order valence-electron chi connectivity index (χ1n) is 9.78. The van der Waals surface area contributed by atoms with Crippen LogP contribution >= 0.6 is 12.6 Å². The van der Waals surface area contributed by atoms with Crippen LogP contribution in [-0.4, -0.2) is 94.3 Å². The summed E-state index contributed by atoms with van der Waals surface area (Å²) < 4.78 is 23.4. The van der Waals surface area contributed by atoms with Crippen LogP contribution in [0.2, 0.25) is 0 Å². The van der Waals surface area contributed by atoms with Crippen molar-refractivity contribution in [2.75, 3.05) is 19.7 Å². The van der Waals surface area contributed by atoms with E-state index in [4.69, 9.17) is 9.47 Å². The van der Waals surface area contributed by atoms with Crippen molar-refractivity contribution in [1.82, 2.24) is 10.2 Å². The van der Waals surface area contributed by atoms with Crippen molar-refractivity contribution in [3.05, 3.63) is 0 Å². The minimum absolute atomic E-state index is 0.0203. The Morgan fingerprint density at radius 2 is 1.94 bits per heavy atom. The number of hydrogen-bond donors (Lipinski definition) is 5. The number of halogens is 1. The van der Waals surface area contributed by atoms with E-state index in [-0.39, 0.29) is 50.6 Å². The number of alkyl halides is 1. The Bertz CT molecular complexity index is 707. The van der Waals surface area contributed by atoms with Crippen molar-refractivity contribution in [3.8, 4) is 0 Å². The molecule has 0 bridgehead atoms. The molecule has 0 aromatic rings. The Morgan fingerprint density at radius 1 is 1.31 bits per heavy atom. The molecule has 0 aliphatic carbocycles. The van der Waals surface area contributed by atoms with Crippen molar-refractivity contribution in [2.24, 2.45) is 5.73 Å². The number of ether oxygens (including phenoxy) is 2. The molecular formula is C18H28FN3O9S. The summed E-state index contributed by atoms with van der Waals surface area (Å²) in [4.78, 5) is 56.8. The number of hydrogen-bond acceptors (Lipinski definition) is 10. The number of aliphatic hydroxyl groups excluding tert-OH is 2. The maximum atomic E-state index is 13.7. The van der Waals surface area contributed by atoms with E-state index in [0.29, 0.717) is 0 Å². The highest BCUT2D eigenvalue weighted by Crippen LogP contribution is 2.22. The number of imide groups is 1. The van der Waals surface area contributed by atoms with Crippen LogP contribution in [0.3, 0.4) is 0 Å². The molecule has 0 saturated carbocycles. The quantitative estimate of drug-likeness (QED) is 0.145. The average molecular weight is 481 g/mol. The van der Waals surface area contributed by atoms with Crippen LogP contribution in [0.15, 0.2) is 0 Å². The predicted molar refractivity (Wildman–Crippen MR) is 109 cm³/mol. The average Bonchev–Trinajstić information content (AvgIpc) is 2.93. The summed E-state index contributed by atoms with van der Waals surface area (Å²) in [5.41, 5.74) is 4.47. The number of primary amides is 1. The normalized spacial score (nSPS) is 27.4. The fraction of sp³-hybridized carbons (Fsp3) is 0.722. The summed E-state index contributed by atoms with van der Waals surface area (Å²) in [6, 6.07) is 0. The fourth-order valence-corrected chi connectivity index (χ4v) is 3.10. The second-order valence-corrected chi connectivity index (χ2v) is 7.75. The van der Waals surface area contributed by atoms with E-state index < -0.39 is 54.3 Å². The summed E-state index contributed by atoms with van der Waals surface area (Å²) in [6.45, 7) is 0.868. The van der Waals surface area contributed by atoms with Gasteiger partial charge in [0, 0.05) is 39.3 Å². The number of nitrogens with two attached hydrogens (primary N) is 1. The molecule has 0 radical (unpaired) electrons. The molecule has 2 heterocycles. The lowest BCUT2D eigenvalue weighted by atomic mass is 10.0. The van der Waals surface area contributed by atoms with Gasteiger partial charge in [0.25, 0.3) is 0 Å².